The van der Waals surface area contributed by atoms with Crippen LogP contribution in [0.25, 0.3) is 0 Å². The normalized spacial score (nSPS) is 13.9. The highest BCUT2D eigenvalue weighted by atomic mass is 79.9. The van der Waals surface area contributed by atoms with Gasteiger partial charge in [0.15, 0.2) is 17.8 Å². The van der Waals surface area contributed by atoms with Crippen molar-refractivity contribution in [1.82, 2.24) is 0 Å². The van der Waals surface area contributed by atoms with Crippen LogP contribution in [0.2, 0.25) is 0 Å². The van der Waals surface area contributed by atoms with Gasteiger partial charge in [0, 0.05) is 5.56 Å². The van der Waals surface area contributed by atoms with Gasteiger partial charge in [0.05, 0.1) is 4.47 Å². The number of halogens is 1. The van der Waals surface area contributed by atoms with Crippen molar-refractivity contribution in [1.29, 1.82) is 0 Å². The lowest BCUT2D eigenvalue weighted by Crippen LogP contribution is -2.15. The summed E-state index contributed by atoms with van der Waals surface area (Å²) in [6.07, 6.45) is 0.780. The molecule has 2 rings (SSSR count). The average Bonchev–Trinajstić information content (AvgIpc) is 2.19. The lowest BCUT2D eigenvalue weighted by Gasteiger charge is -2.19. The van der Waals surface area contributed by atoms with E-state index >= 15 is 0 Å². The van der Waals surface area contributed by atoms with E-state index in [1.807, 2.05) is 0 Å². The van der Waals surface area contributed by atoms with Gasteiger partial charge < -0.3 is 9.47 Å². The zero-order valence-corrected chi connectivity index (χ0v) is 8.33. The van der Waals surface area contributed by atoms with Gasteiger partial charge in [0.2, 0.25) is 0 Å². The number of fused-ring (bicyclic) bond motifs is 1. The van der Waals surface area contributed by atoms with Gasteiger partial charge in [0.1, 0.15) is 13.2 Å². The van der Waals surface area contributed by atoms with Crippen molar-refractivity contribution in [3.8, 4) is 11.5 Å². The van der Waals surface area contributed by atoms with Crippen LogP contribution in [0.15, 0.2) is 16.6 Å². The Morgan fingerprint density at radius 2 is 2.08 bits per heavy atom. The molecule has 0 saturated carbocycles. The van der Waals surface area contributed by atoms with Crippen LogP contribution in [0.4, 0.5) is 0 Å². The third kappa shape index (κ3) is 1.42. The lowest BCUT2D eigenvalue weighted by atomic mass is 10.2. The number of hydrogen-bond donors (Lipinski definition) is 0. The summed E-state index contributed by atoms with van der Waals surface area (Å²) in [6.45, 7) is 1.08. The SMILES string of the molecule is O=Cc1ccc2c(c1Br)OCCO2. The molecule has 1 aliphatic rings. The number of rotatable bonds is 1. The first-order chi connectivity index (χ1) is 6.33. The van der Waals surface area contributed by atoms with Crippen LogP contribution < -0.4 is 9.47 Å². The summed E-state index contributed by atoms with van der Waals surface area (Å²) in [4.78, 5) is 10.6. The Labute approximate surface area is 83.8 Å². The molecule has 13 heavy (non-hydrogen) atoms. The van der Waals surface area contributed by atoms with E-state index in [9.17, 15) is 4.79 Å². The van der Waals surface area contributed by atoms with Crippen LogP contribution >= 0.6 is 15.9 Å². The van der Waals surface area contributed by atoms with E-state index in [-0.39, 0.29) is 0 Å². The minimum absolute atomic E-state index is 0.522. The second-order valence-electron chi connectivity index (χ2n) is 2.61. The van der Waals surface area contributed by atoms with Crippen molar-refractivity contribution in [3.05, 3.63) is 22.2 Å². The van der Waals surface area contributed by atoms with Crippen molar-refractivity contribution in [2.45, 2.75) is 0 Å². The molecule has 0 N–H and O–H groups in total. The largest absolute Gasteiger partial charge is 0.486 e. The first-order valence-corrected chi connectivity index (χ1v) is 4.65. The zero-order valence-electron chi connectivity index (χ0n) is 6.75. The second kappa shape index (κ2) is 3.38. The van der Waals surface area contributed by atoms with Gasteiger partial charge in [-0.05, 0) is 28.1 Å². The summed E-state index contributed by atoms with van der Waals surface area (Å²) in [6, 6.07) is 3.44. The molecule has 0 aliphatic carbocycles. The minimum Gasteiger partial charge on any atom is -0.486 e. The van der Waals surface area contributed by atoms with E-state index in [2.05, 4.69) is 15.9 Å². The second-order valence-corrected chi connectivity index (χ2v) is 3.40. The number of aldehydes is 1. The molecule has 0 unspecified atom stereocenters. The molecule has 4 heteroatoms. The number of carbonyl (C=O) groups excluding carboxylic acids is 1. The highest BCUT2D eigenvalue weighted by molar-refractivity contribution is 9.10. The fraction of sp³-hybridized carbons (Fsp3) is 0.222. The molecule has 0 fully saturated rings. The van der Waals surface area contributed by atoms with Crippen LogP contribution in [-0.2, 0) is 0 Å². The molecule has 0 saturated heterocycles. The summed E-state index contributed by atoms with van der Waals surface area (Å²) in [5.74, 6) is 1.31. The predicted molar refractivity (Wildman–Crippen MR) is 50.5 cm³/mol. The maximum atomic E-state index is 10.6. The van der Waals surface area contributed by atoms with E-state index < -0.39 is 0 Å². The van der Waals surface area contributed by atoms with Gasteiger partial charge in [-0.3, -0.25) is 4.79 Å². The number of hydrogen-bond acceptors (Lipinski definition) is 3. The molecule has 0 amide bonds. The Morgan fingerprint density at radius 1 is 1.31 bits per heavy atom. The molecule has 1 aromatic rings. The van der Waals surface area contributed by atoms with E-state index in [0.29, 0.717) is 34.7 Å². The topological polar surface area (TPSA) is 35.5 Å². The van der Waals surface area contributed by atoms with Crippen molar-refractivity contribution in [3.63, 3.8) is 0 Å². The van der Waals surface area contributed by atoms with Gasteiger partial charge in [0.25, 0.3) is 0 Å². The molecular weight excluding hydrogens is 236 g/mol. The fourth-order valence-corrected chi connectivity index (χ4v) is 1.72. The van der Waals surface area contributed by atoms with Crippen LogP contribution in [0.3, 0.4) is 0 Å². The maximum absolute atomic E-state index is 10.6. The molecule has 68 valence electrons. The number of carbonyl (C=O) groups is 1. The molecule has 0 atom stereocenters. The Hall–Kier alpha value is -1.03. The Kier molecular flexibility index (Phi) is 2.22. The molecule has 1 aliphatic heterocycles. The summed E-state index contributed by atoms with van der Waals surface area (Å²) in [5, 5.41) is 0. The van der Waals surface area contributed by atoms with E-state index in [1.165, 1.54) is 0 Å². The van der Waals surface area contributed by atoms with Crippen molar-refractivity contribution < 1.29 is 14.3 Å². The highest BCUT2D eigenvalue weighted by Crippen LogP contribution is 2.38. The summed E-state index contributed by atoms with van der Waals surface area (Å²) >= 11 is 3.29. The first-order valence-electron chi connectivity index (χ1n) is 3.86. The third-order valence-electron chi connectivity index (χ3n) is 1.81. The van der Waals surface area contributed by atoms with Gasteiger partial charge >= 0.3 is 0 Å². The zero-order chi connectivity index (χ0) is 9.26. The highest BCUT2D eigenvalue weighted by Gasteiger charge is 2.16. The molecular formula is C9H7BrO3. The number of benzene rings is 1. The summed E-state index contributed by atoms with van der Waals surface area (Å²) in [7, 11) is 0. The molecule has 3 nitrogen and oxygen atoms in total. The van der Waals surface area contributed by atoms with Crippen LogP contribution in [0.5, 0.6) is 11.5 Å². The Morgan fingerprint density at radius 3 is 2.85 bits per heavy atom. The molecule has 1 aromatic carbocycles. The van der Waals surface area contributed by atoms with Gasteiger partial charge in [-0.2, -0.15) is 0 Å². The van der Waals surface area contributed by atoms with Gasteiger partial charge in [-0.1, -0.05) is 0 Å². The molecule has 1 heterocycles. The van der Waals surface area contributed by atoms with Crippen LogP contribution in [-0.4, -0.2) is 19.5 Å². The lowest BCUT2D eigenvalue weighted by molar-refractivity contribution is 0.112. The van der Waals surface area contributed by atoms with E-state index in [4.69, 9.17) is 9.47 Å². The molecule has 0 radical (unpaired) electrons. The third-order valence-corrected chi connectivity index (χ3v) is 2.62. The summed E-state index contributed by atoms with van der Waals surface area (Å²) in [5.41, 5.74) is 0.573. The predicted octanol–water partition coefficient (Wildman–Crippen LogP) is 2.03. The van der Waals surface area contributed by atoms with E-state index in [0.717, 1.165) is 6.29 Å². The van der Waals surface area contributed by atoms with E-state index in [1.54, 1.807) is 12.1 Å². The standard InChI is InChI=1S/C9H7BrO3/c10-8-6(5-11)1-2-7-9(8)13-4-3-12-7/h1-2,5H,3-4H2. The summed E-state index contributed by atoms with van der Waals surface area (Å²) < 4.78 is 11.4. The molecule has 0 aromatic heterocycles. The average molecular weight is 243 g/mol. The Balaban J connectivity index is 2.54. The van der Waals surface area contributed by atoms with Crippen molar-refractivity contribution >= 4 is 22.2 Å². The van der Waals surface area contributed by atoms with Crippen molar-refractivity contribution in [2.75, 3.05) is 13.2 Å². The fourth-order valence-electron chi connectivity index (χ4n) is 1.19. The van der Waals surface area contributed by atoms with Crippen molar-refractivity contribution in [2.24, 2.45) is 0 Å². The van der Waals surface area contributed by atoms with Gasteiger partial charge in [-0.15, -0.1) is 0 Å². The minimum atomic E-state index is 0.522. The first kappa shape index (κ1) is 8.56. The van der Waals surface area contributed by atoms with Crippen LogP contribution in [0, 0.1) is 0 Å². The molecule has 0 bridgehead atoms. The van der Waals surface area contributed by atoms with Gasteiger partial charge in [-0.25, -0.2) is 0 Å². The van der Waals surface area contributed by atoms with Crippen LogP contribution in [0.1, 0.15) is 10.4 Å². The molecule has 0 spiro atoms. The smallest absolute Gasteiger partial charge is 0.176 e. The Bertz CT molecular complexity index is 349. The maximum Gasteiger partial charge on any atom is 0.176 e. The number of ether oxygens (including phenoxy) is 2. The monoisotopic (exact) mass is 242 g/mol. The quantitative estimate of drug-likeness (QED) is 0.708.